The molecule has 0 amide bonds. The van der Waals surface area contributed by atoms with E-state index in [4.69, 9.17) is 4.74 Å². The number of carboxylic acid groups (broad SMARTS) is 1. The summed E-state index contributed by atoms with van der Waals surface area (Å²) in [7, 11) is 1.72. The van der Waals surface area contributed by atoms with E-state index in [1.807, 2.05) is 31.2 Å². The molecule has 0 aromatic heterocycles. The summed E-state index contributed by atoms with van der Waals surface area (Å²) in [5, 5.41) is 9.56. The first-order chi connectivity index (χ1) is 9.60. The van der Waals surface area contributed by atoms with Crippen molar-refractivity contribution in [2.24, 2.45) is 11.8 Å². The first kappa shape index (κ1) is 15.0. The zero-order valence-corrected chi connectivity index (χ0v) is 12.3. The van der Waals surface area contributed by atoms with Gasteiger partial charge < -0.3 is 9.84 Å². The van der Waals surface area contributed by atoms with Crippen LogP contribution < -0.4 is 0 Å². The van der Waals surface area contributed by atoms with Crippen LogP contribution in [0.15, 0.2) is 24.3 Å². The maximum absolute atomic E-state index is 11.6. The fraction of sp³-hybridized carbons (Fsp3) is 0.588. The number of methoxy groups -OCH3 is 1. The molecule has 20 heavy (non-hydrogen) atoms. The van der Waals surface area contributed by atoms with Gasteiger partial charge in [0.25, 0.3) is 0 Å². The van der Waals surface area contributed by atoms with Crippen LogP contribution in [-0.2, 0) is 16.0 Å². The lowest BCUT2D eigenvalue weighted by Gasteiger charge is -2.32. The smallest absolute Gasteiger partial charge is 0.307 e. The quantitative estimate of drug-likeness (QED) is 0.896. The lowest BCUT2D eigenvalue weighted by atomic mass is 9.76. The van der Waals surface area contributed by atoms with Crippen molar-refractivity contribution in [1.82, 2.24) is 0 Å². The van der Waals surface area contributed by atoms with Gasteiger partial charge in [0, 0.05) is 7.11 Å². The van der Waals surface area contributed by atoms with Crippen LogP contribution in [0, 0.1) is 18.8 Å². The Balaban J connectivity index is 2.06. The Morgan fingerprint density at radius 2 is 2.05 bits per heavy atom. The monoisotopic (exact) mass is 276 g/mol. The van der Waals surface area contributed by atoms with Gasteiger partial charge in [-0.15, -0.1) is 0 Å². The molecule has 1 N–H and O–H groups in total. The van der Waals surface area contributed by atoms with E-state index < -0.39 is 5.97 Å². The second-order valence-corrected chi connectivity index (χ2v) is 5.92. The first-order valence-corrected chi connectivity index (χ1v) is 7.41. The van der Waals surface area contributed by atoms with Gasteiger partial charge in [0.1, 0.15) is 0 Å². The molecule has 1 fully saturated rings. The molecule has 1 aliphatic carbocycles. The van der Waals surface area contributed by atoms with Gasteiger partial charge in [-0.05, 0) is 44.1 Å². The fourth-order valence-corrected chi connectivity index (χ4v) is 3.19. The standard InChI is InChI=1S/C17H24O3/c1-12-6-8-13(9-7-12)10-16(17(18)19)14-4-3-5-15(11-14)20-2/h6-9,14-16H,3-5,10-11H2,1-2H3,(H,18,19). The van der Waals surface area contributed by atoms with Gasteiger partial charge in [-0.25, -0.2) is 0 Å². The molecule has 1 saturated carbocycles. The SMILES string of the molecule is COC1CCCC(C(Cc2ccc(C)cc2)C(=O)O)C1. The number of rotatable bonds is 5. The van der Waals surface area contributed by atoms with E-state index in [0.717, 1.165) is 31.2 Å². The van der Waals surface area contributed by atoms with Gasteiger partial charge in [-0.1, -0.05) is 36.2 Å². The van der Waals surface area contributed by atoms with Gasteiger partial charge in [0.15, 0.2) is 0 Å². The van der Waals surface area contributed by atoms with Crippen molar-refractivity contribution in [3.8, 4) is 0 Å². The van der Waals surface area contributed by atoms with Crippen LogP contribution in [0.5, 0.6) is 0 Å². The molecule has 3 unspecified atom stereocenters. The third-order valence-electron chi connectivity index (χ3n) is 4.46. The van der Waals surface area contributed by atoms with Crippen LogP contribution in [-0.4, -0.2) is 24.3 Å². The minimum absolute atomic E-state index is 0.229. The fourth-order valence-electron chi connectivity index (χ4n) is 3.19. The predicted molar refractivity (Wildman–Crippen MR) is 78.8 cm³/mol. The number of hydrogen-bond donors (Lipinski definition) is 1. The molecule has 1 aromatic rings. The molecule has 0 radical (unpaired) electrons. The van der Waals surface area contributed by atoms with E-state index in [1.165, 1.54) is 5.56 Å². The molecule has 1 aromatic carbocycles. The van der Waals surface area contributed by atoms with Gasteiger partial charge in [0.05, 0.1) is 12.0 Å². The lowest BCUT2D eigenvalue weighted by Crippen LogP contribution is -2.32. The van der Waals surface area contributed by atoms with E-state index >= 15 is 0 Å². The van der Waals surface area contributed by atoms with Gasteiger partial charge >= 0.3 is 5.97 Å². The van der Waals surface area contributed by atoms with Crippen molar-refractivity contribution in [2.75, 3.05) is 7.11 Å². The first-order valence-electron chi connectivity index (χ1n) is 7.41. The highest BCUT2D eigenvalue weighted by Gasteiger charge is 2.32. The highest BCUT2D eigenvalue weighted by Crippen LogP contribution is 2.33. The minimum atomic E-state index is -0.674. The Hall–Kier alpha value is -1.35. The summed E-state index contributed by atoms with van der Waals surface area (Å²) in [6.45, 7) is 2.04. The van der Waals surface area contributed by atoms with Crippen LogP contribution in [0.3, 0.4) is 0 Å². The molecular formula is C17H24O3. The molecule has 110 valence electrons. The number of carboxylic acids is 1. The molecule has 0 spiro atoms. The highest BCUT2D eigenvalue weighted by molar-refractivity contribution is 5.70. The maximum Gasteiger partial charge on any atom is 0.307 e. The Bertz CT molecular complexity index is 438. The molecule has 3 heteroatoms. The molecule has 3 atom stereocenters. The molecule has 2 rings (SSSR count). The van der Waals surface area contributed by atoms with Crippen molar-refractivity contribution in [2.45, 2.75) is 45.1 Å². The van der Waals surface area contributed by atoms with Crippen LogP contribution in [0.4, 0.5) is 0 Å². The van der Waals surface area contributed by atoms with E-state index in [1.54, 1.807) is 7.11 Å². The lowest BCUT2D eigenvalue weighted by molar-refractivity contribution is -0.144. The Kier molecular flexibility index (Phi) is 5.18. The number of carbonyl (C=O) groups is 1. The number of aryl methyl sites for hydroxylation is 1. The normalized spacial score (nSPS) is 24.3. The summed E-state index contributed by atoms with van der Waals surface area (Å²) < 4.78 is 5.42. The molecule has 3 nitrogen and oxygen atoms in total. The molecule has 1 aliphatic rings. The van der Waals surface area contributed by atoms with E-state index in [-0.39, 0.29) is 17.9 Å². The summed E-state index contributed by atoms with van der Waals surface area (Å²) in [4.78, 5) is 11.6. The number of aliphatic carboxylic acids is 1. The highest BCUT2D eigenvalue weighted by atomic mass is 16.5. The number of ether oxygens (including phenoxy) is 1. The van der Waals surface area contributed by atoms with Crippen LogP contribution in [0.25, 0.3) is 0 Å². The third kappa shape index (κ3) is 3.83. The summed E-state index contributed by atoms with van der Waals surface area (Å²) in [5.74, 6) is -0.740. The molecular weight excluding hydrogens is 252 g/mol. The van der Waals surface area contributed by atoms with Gasteiger partial charge in [-0.2, -0.15) is 0 Å². The Morgan fingerprint density at radius 3 is 2.65 bits per heavy atom. The number of benzene rings is 1. The van der Waals surface area contributed by atoms with Crippen molar-refractivity contribution >= 4 is 5.97 Å². The third-order valence-corrected chi connectivity index (χ3v) is 4.46. The number of hydrogen-bond acceptors (Lipinski definition) is 2. The van der Waals surface area contributed by atoms with Crippen LogP contribution in [0.1, 0.15) is 36.8 Å². The molecule has 0 bridgehead atoms. The van der Waals surface area contributed by atoms with Crippen LogP contribution >= 0.6 is 0 Å². The van der Waals surface area contributed by atoms with Crippen molar-refractivity contribution in [3.05, 3.63) is 35.4 Å². The Labute approximate surface area is 121 Å². The van der Waals surface area contributed by atoms with Crippen molar-refractivity contribution in [3.63, 3.8) is 0 Å². The van der Waals surface area contributed by atoms with Crippen molar-refractivity contribution < 1.29 is 14.6 Å². The maximum atomic E-state index is 11.6. The molecule has 0 saturated heterocycles. The second-order valence-electron chi connectivity index (χ2n) is 5.92. The topological polar surface area (TPSA) is 46.5 Å². The molecule has 0 aliphatic heterocycles. The minimum Gasteiger partial charge on any atom is -0.481 e. The summed E-state index contributed by atoms with van der Waals surface area (Å²) in [5.41, 5.74) is 2.32. The summed E-state index contributed by atoms with van der Waals surface area (Å²) in [6, 6.07) is 8.18. The zero-order valence-electron chi connectivity index (χ0n) is 12.3. The second kappa shape index (κ2) is 6.89. The average Bonchev–Trinajstić information content (AvgIpc) is 2.46. The predicted octanol–water partition coefficient (Wildman–Crippen LogP) is 3.44. The van der Waals surface area contributed by atoms with Gasteiger partial charge in [-0.3, -0.25) is 4.79 Å². The van der Waals surface area contributed by atoms with Crippen LogP contribution in [0.2, 0.25) is 0 Å². The van der Waals surface area contributed by atoms with Crippen molar-refractivity contribution in [1.29, 1.82) is 0 Å². The summed E-state index contributed by atoms with van der Waals surface area (Å²) in [6.07, 6.45) is 4.86. The average molecular weight is 276 g/mol. The van der Waals surface area contributed by atoms with Gasteiger partial charge in [0.2, 0.25) is 0 Å². The summed E-state index contributed by atoms with van der Waals surface area (Å²) >= 11 is 0. The zero-order chi connectivity index (χ0) is 14.5. The van der Waals surface area contributed by atoms with E-state index in [2.05, 4.69) is 0 Å². The molecule has 0 heterocycles. The van der Waals surface area contributed by atoms with E-state index in [9.17, 15) is 9.90 Å². The largest absolute Gasteiger partial charge is 0.481 e. The Morgan fingerprint density at radius 1 is 1.35 bits per heavy atom. The van der Waals surface area contributed by atoms with E-state index in [0.29, 0.717) is 6.42 Å².